The van der Waals surface area contributed by atoms with E-state index in [1.165, 1.54) is 0 Å². The highest BCUT2D eigenvalue weighted by atomic mass is 32.1. The lowest BCUT2D eigenvalue weighted by Crippen LogP contribution is -2.04. The molecule has 0 radical (unpaired) electrons. The number of aromatic nitrogens is 1. The average Bonchev–Trinajstić information content (AvgIpc) is 3.08. The number of para-hydroxylation sites is 1. The molecule has 0 aliphatic heterocycles. The van der Waals surface area contributed by atoms with Crippen LogP contribution < -0.4 is 0 Å². The van der Waals surface area contributed by atoms with Crippen molar-refractivity contribution in [2.45, 2.75) is 12.8 Å². The van der Waals surface area contributed by atoms with E-state index in [0.29, 0.717) is 5.52 Å². The molecule has 3 aromatic rings. The predicted molar refractivity (Wildman–Crippen MR) is 90.6 cm³/mol. The second-order valence-electron chi connectivity index (χ2n) is 5.53. The molecule has 27 heavy (non-hydrogen) atoms. The van der Waals surface area contributed by atoms with Gasteiger partial charge in [-0.05, 0) is 30.2 Å². The summed E-state index contributed by atoms with van der Waals surface area (Å²) in [4.78, 5) is 15.1. The summed E-state index contributed by atoms with van der Waals surface area (Å²) in [5, 5.41) is 9.12. The van der Waals surface area contributed by atoms with Crippen LogP contribution in [0.2, 0.25) is 0 Å². The van der Waals surface area contributed by atoms with Gasteiger partial charge in [0.05, 0.1) is 15.8 Å². The van der Waals surface area contributed by atoms with E-state index in [0.717, 1.165) is 22.1 Å². The molecular formula is C18H10F5NO2S. The Morgan fingerprint density at radius 1 is 0.963 bits per heavy atom. The van der Waals surface area contributed by atoms with Gasteiger partial charge in [-0.15, -0.1) is 11.3 Å². The van der Waals surface area contributed by atoms with Gasteiger partial charge in [-0.2, -0.15) is 0 Å². The summed E-state index contributed by atoms with van der Waals surface area (Å²) in [6, 6.07) is 6.89. The number of hydrogen-bond donors (Lipinski definition) is 1. The number of aliphatic carboxylic acids is 1. The van der Waals surface area contributed by atoms with Crippen molar-refractivity contribution in [1.82, 2.24) is 4.98 Å². The van der Waals surface area contributed by atoms with E-state index in [4.69, 9.17) is 5.11 Å². The zero-order valence-corrected chi connectivity index (χ0v) is 14.2. The van der Waals surface area contributed by atoms with Gasteiger partial charge in [-0.3, -0.25) is 4.79 Å². The predicted octanol–water partition coefficient (Wildman–Crippen LogP) is 5.40. The first-order valence-corrected chi connectivity index (χ1v) is 8.41. The van der Waals surface area contributed by atoms with E-state index in [2.05, 4.69) is 4.98 Å². The Balaban J connectivity index is 2.18. The second-order valence-corrected chi connectivity index (χ2v) is 6.56. The second kappa shape index (κ2) is 7.43. The quantitative estimate of drug-likeness (QED) is 0.355. The van der Waals surface area contributed by atoms with Gasteiger partial charge in [0, 0.05) is 6.42 Å². The van der Waals surface area contributed by atoms with E-state index in [1.807, 2.05) is 0 Å². The van der Waals surface area contributed by atoms with Crippen molar-refractivity contribution in [3.05, 3.63) is 63.9 Å². The maximum Gasteiger partial charge on any atom is 0.303 e. The molecule has 0 atom stereocenters. The third kappa shape index (κ3) is 3.68. The molecule has 1 heterocycles. The Hall–Kier alpha value is -2.81. The van der Waals surface area contributed by atoms with Crippen LogP contribution in [0, 0.1) is 29.1 Å². The summed E-state index contributed by atoms with van der Waals surface area (Å²) < 4.78 is 68.8. The fraction of sp³-hybridized carbons (Fsp3) is 0.111. The van der Waals surface area contributed by atoms with Crippen molar-refractivity contribution >= 4 is 39.2 Å². The molecule has 140 valence electrons. The third-order valence-corrected chi connectivity index (χ3v) is 4.85. The number of fused-ring (bicyclic) bond motifs is 1. The molecule has 1 N–H and O–H groups in total. The van der Waals surface area contributed by atoms with Crippen LogP contribution in [-0.2, 0) is 4.79 Å². The fourth-order valence-corrected chi connectivity index (χ4v) is 3.42. The zero-order chi connectivity index (χ0) is 19.7. The van der Waals surface area contributed by atoms with Gasteiger partial charge < -0.3 is 5.11 Å². The Bertz CT molecular complexity index is 1020. The van der Waals surface area contributed by atoms with Crippen LogP contribution in [-0.4, -0.2) is 16.1 Å². The summed E-state index contributed by atoms with van der Waals surface area (Å²) in [5.41, 5.74) is -0.510. The summed E-state index contributed by atoms with van der Waals surface area (Å²) in [6.07, 6.45) is 0.155. The molecule has 3 rings (SSSR count). The van der Waals surface area contributed by atoms with Gasteiger partial charge in [0.15, 0.2) is 23.3 Å². The summed E-state index contributed by atoms with van der Waals surface area (Å²) in [6.45, 7) is 0. The van der Waals surface area contributed by atoms with Crippen LogP contribution in [0.4, 0.5) is 22.0 Å². The highest BCUT2D eigenvalue weighted by Gasteiger charge is 2.25. The minimum Gasteiger partial charge on any atom is -0.481 e. The molecule has 0 amide bonds. The van der Waals surface area contributed by atoms with Crippen molar-refractivity contribution in [3.63, 3.8) is 0 Å². The number of nitrogens with zero attached hydrogens (tertiary/aromatic N) is 1. The largest absolute Gasteiger partial charge is 0.481 e. The van der Waals surface area contributed by atoms with Gasteiger partial charge in [0.1, 0.15) is 5.01 Å². The van der Waals surface area contributed by atoms with Crippen LogP contribution in [0.25, 0.3) is 21.9 Å². The van der Waals surface area contributed by atoms with Crippen LogP contribution in [0.15, 0.2) is 24.3 Å². The molecule has 0 aliphatic carbocycles. The Morgan fingerprint density at radius 3 is 2.15 bits per heavy atom. The molecule has 0 spiro atoms. The summed E-state index contributed by atoms with van der Waals surface area (Å²) >= 11 is 1.12. The van der Waals surface area contributed by atoms with Gasteiger partial charge >= 0.3 is 5.97 Å². The molecule has 0 saturated heterocycles. The number of benzene rings is 2. The third-order valence-electron chi connectivity index (χ3n) is 3.74. The first kappa shape index (κ1) is 19.0. The molecule has 0 aliphatic rings. The molecule has 0 unspecified atom stereocenters. The molecule has 0 fully saturated rings. The van der Waals surface area contributed by atoms with Crippen molar-refractivity contribution in [2.75, 3.05) is 0 Å². The highest BCUT2D eigenvalue weighted by molar-refractivity contribution is 7.19. The van der Waals surface area contributed by atoms with Crippen molar-refractivity contribution in [1.29, 1.82) is 0 Å². The molecule has 9 heteroatoms. The van der Waals surface area contributed by atoms with E-state index >= 15 is 0 Å². The number of rotatable bonds is 5. The van der Waals surface area contributed by atoms with E-state index in [1.54, 1.807) is 24.3 Å². The number of thiazole rings is 1. The van der Waals surface area contributed by atoms with E-state index < -0.39 is 47.0 Å². The minimum absolute atomic E-state index is 0.0572. The maximum absolute atomic E-state index is 14.0. The molecule has 0 bridgehead atoms. The molecular weight excluding hydrogens is 389 g/mol. The number of halogens is 5. The molecule has 3 nitrogen and oxygen atoms in total. The first-order chi connectivity index (χ1) is 12.8. The van der Waals surface area contributed by atoms with Crippen LogP contribution >= 0.6 is 11.3 Å². The van der Waals surface area contributed by atoms with Crippen LogP contribution in [0.5, 0.6) is 0 Å². The SMILES string of the molecule is O=C(O)CC/C(=C\c1c(F)c(F)c(F)c(F)c1F)c1nc2ccccc2s1. The highest BCUT2D eigenvalue weighted by Crippen LogP contribution is 2.33. The van der Waals surface area contributed by atoms with Crippen molar-refractivity contribution in [3.8, 4) is 0 Å². The van der Waals surface area contributed by atoms with Crippen LogP contribution in [0.1, 0.15) is 23.4 Å². The molecule has 1 aromatic heterocycles. The Kier molecular flexibility index (Phi) is 5.22. The lowest BCUT2D eigenvalue weighted by molar-refractivity contribution is -0.136. The van der Waals surface area contributed by atoms with Gasteiger partial charge in [0.25, 0.3) is 0 Å². The minimum atomic E-state index is -2.26. The number of carboxylic acid groups (broad SMARTS) is 1. The number of hydrogen-bond acceptors (Lipinski definition) is 3. The standard InChI is InChI=1S/C18H10F5NO2S/c19-13-9(14(20)16(22)17(23)15(13)21)7-8(5-6-12(25)26)18-24-10-3-1-2-4-11(10)27-18/h1-4,7H,5-6H2,(H,25,26)/b8-7+. The first-order valence-electron chi connectivity index (χ1n) is 7.59. The van der Waals surface area contributed by atoms with Gasteiger partial charge in [0.2, 0.25) is 5.82 Å². The summed E-state index contributed by atoms with van der Waals surface area (Å²) in [7, 11) is 0. The maximum atomic E-state index is 14.0. The topological polar surface area (TPSA) is 50.2 Å². The Morgan fingerprint density at radius 2 is 1.56 bits per heavy atom. The molecule has 0 saturated carbocycles. The fourth-order valence-electron chi connectivity index (χ4n) is 2.41. The van der Waals surface area contributed by atoms with E-state index in [-0.39, 0.29) is 17.0 Å². The van der Waals surface area contributed by atoms with Gasteiger partial charge in [-0.25, -0.2) is 26.9 Å². The van der Waals surface area contributed by atoms with Crippen molar-refractivity contribution < 1.29 is 31.9 Å². The monoisotopic (exact) mass is 399 g/mol. The molecule has 2 aromatic carbocycles. The smallest absolute Gasteiger partial charge is 0.303 e. The zero-order valence-electron chi connectivity index (χ0n) is 13.4. The van der Waals surface area contributed by atoms with Crippen LogP contribution in [0.3, 0.4) is 0 Å². The number of allylic oxidation sites excluding steroid dienone is 1. The lowest BCUT2D eigenvalue weighted by Gasteiger charge is -2.07. The average molecular weight is 399 g/mol. The van der Waals surface area contributed by atoms with Gasteiger partial charge in [-0.1, -0.05) is 12.1 Å². The summed E-state index contributed by atoms with van der Waals surface area (Å²) in [5.74, 6) is -11.5. The van der Waals surface area contributed by atoms with E-state index in [9.17, 15) is 26.7 Å². The number of carbonyl (C=O) groups is 1. The Labute approximate surface area is 153 Å². The normalized spacial score (nSPS) is 12.0. The van der Waals surface area contributed by atoms with Crippen molar-refractivity contribution in [2.24, 2.45) is 0 Å². The number of carboxylic acids is 1. The lowest BCUT2D eigenvalue weighted by atomic mass is 10.0.